The second-order valence-corrected chi connectivity index (χ2v) is 5.15. The van der Waals surface area contributed by atoms with Gasteiger partial charge in [-0.15, -0.1) is 0 Å². The predicted octanol–water partition coefficient (Wildman–Crippen LogP) is 2.41. The Labute approximate surface area is 145 Å². The number of benzene rings is 1. The second-order valence-electron chi connectivity index (χ2n) is 5.15. The summed E-state index contributed by atoms with van der Waals surface area (Å²) < 4.78 is 37.9. The van der Waals surface area contributed by atoms with Gasteiger partial charge in [-0.2, -0.15) is 13.2 Å². The molecule has 3 N–H and O–H groups in total. The molecule has 0 bridgehead atoms. The van der Waals surface area contributed by atoms with Gasteiger partial charge in [-0.3, -0.25) is 14.4 Å². The lowest BCUT2D eigenvalue weighted by atomic mass is 10.1. The van der Waals surface area contributed by atoms with Crippen molar-refractivity contribution in [1.82, 2.24) is 10.3 Å². The van der Waals surface area contributed by atoms with Crippen LogP contribution in [0.25, 0.3) is 6.08 Å². The maximum absolute atomic E-state index is 12.6. The summed E-state index contributed by atoms with van der Waals surface area (Å²) in [4.78, 5) is 36.7. The highest BCUT2D eigenvalue weighted by atomic mass is 19.4. The van der Waals surface area contributed by atoms with Gasteiger partial charge in [-0.25, -0.2) is 0 Å². The van der Waals surface area contributed by atoms with E-state index in [1.54, 1.807) is 24.3 Å². The number of hydrogen-bond donors (Lipinski definition) is 3. The van der Waals surface area contributed by atoms with Crippen LogP contribution in [0.1, 0.15) is 21.5 Å². The Morgan fingerprint density at radius 3 is 2.38 bits per heavy atom. The van der Waals surface area contributed by atoms with E-state index in [0.29, 0.717) is 23.4 Å². The minimum Gasteiger partial charge on any atom is -0.355 e. The fourth-order valence-corrected chi connectivity index (χ4v) is 1.98. The Balaban J connectivity index is 2.10. The quantitative estimate of drug-likeness (QED) is 0.727. The molecule has 0 spiro atoms. The summed E-state index contributed by atoms with van der Waals surface area (Å²) in [7, 11) is 1.50. The molecule has 0 fully saturated rings. The largest absolute Gasteiger partial charge is 0.417 e. The molecule has 0 aliphatic heterocycles. The number of aromatic nitrogens is 1. The molecule has 0 saturated carbocycles. The van der Waals surface area contributed by atoms with Crippen LogP contribution in [0.3, 0.4) is 0 Å². The molecule has 6 nitrogen and oxygen atoms in total. The van der Waals surface area contributed by atoms with Crippen LogP contribution in [0.4, 0.5) is 18.9 Å². The van der Waals surface area contributed by atoms with E-state index >= 15 is 0 Å². The fraction of sp³-hybridized carbons (Fsp3) is 0.118. The highest BCUT2D eigenvalue weighted by Gasteiger charge is 2.31. The van der Waals surface area contributed by atoms with Crippen LogP contribution in [0, 0.1) is 0 Å². The summed E-state index contributed by atoms with van der Waals surface area (Å²) in [6, 6.07) is 6.83. The molecule has 0 aliphatic rings. The summed E-state index contributed by atoms with van der Waals surface area (Å²) in [5, 5.41) is 4.56. The number of anilines is 1. The zero-order valence-electron chi connectivity index (χ0n) is 13.5. The molecule has 1 heterocycles. The second kappa shape index (κ2) is 7.68. The summed E-state index contributed by atoms with van der Waals surface area (Å²) in [6.45, 7) is 0. The molecule has 2 aromatic rings. The van der Waals surface area contributed by atoms with Crippen LogP contribution < -0.4 is 16.2 Å². The lowest BCUT2D eigenvalue weighted by Crippen LogP contribution is -2.20. The van der Waals surface area contributed by atoms with Crippen molar-refractivity contribution in [1.29, 1.82) is 0 Å². The Morgan fingerprint density at radius 1 is 1.15 bits per heavy atom. The zero-order valence-corrected chi connectivity index (χ0v) is 13.5. The van der Waals surface area contributed by atoms with Crippen molar-refractivity contribution < 1.29 is 22.8 Å². The topological polar surface area (TPSA) is 91.1 Å². The van der Waals surface area contributed by atoms with Crippen molar-refractivity contribution in [2.75, 3.05) is 12.4 Å². The van der Waals surface area contributed by atoms with Crippen LogP contribution in [0.5, 0.6) is 0 Å². The van der Waals surface area contributed by atoms with Gasteiger partial charge in [0, 0.05) is 24.9 Å². The van der Waals surface area contributed by atoms with E-state index in [1.807, 2.05) is 4.98 Å². The highest BCUT2D eigenvalue weighted by molar-refractivity contribution is 6.02. The fourth-order valence-electron chi connectivity index (χ4n) is 1.98. The van der Waals surface area contributed by atoms with Gasteiger partial charge >= 0.3 is 6.18 Å². The Morgan fingerprint density at radius 2 is 1.81 bits per heavy atom. The molecule has 0 saturated heterocycles. The van der Waals surface area contributed by atoms with Gasteiger partial charge in [0.25, 0.3) is 11.5 Å². The van der Waals surface area contributed by atoms with Crippen molar-refractivity contribution in [2.45, 2.75) is 6.18 Å². The molecule has 2 rings (SSSR count). The number of nitrogens with one attached hydrogen (secondary N) is 3. The summed E-state index contributed by atoms with van der Waals surface area (Å²) in [5.41, 5.74) is -1.42. The van der Waals surface area contributed by atoms with E-state index in [9.17, 15) is 27.6 Å². The summed E-state index contributed by atoms with van der Waals surface area (Å²) in [5.74, 6) is -1.03. The number of carbonyl (C=O) groups excluding carboxylic acids is 2. The monoisotopic (exact) mass is 365 g/mol. The van der Waals surface area contributed by atoms with E-state index in [4.69, 9.17) is 0 Å². The first kappa shape index (κ1) is 19.0. The lowest BCUT2D eigenvalue weighted by Gasteiger charge is -2.08. The van der Waals surface area contributed by atoms with Gasteiger partial charge in [0.2, 0.25) is 5.91 Å². The lowest BCUT2D eigenvalue weighted by molar-refractivity contribution is -0.137. The van der Waals surface area contributed by atoms with Crippen molar-refractivity contribution in [3.63, 3.8) is 0 Å². The van der Waals surface area contributed by atoms with Crippen LogP contribution in [0.2, 0.25) is 0 Å². The Hall–Kier alpha value is -3.36. The number of carbonyl (C=O) groups is 2. The molecule has 136 valence electrons. The third-order valence-electron chi connectivity index (χ3n) is 3.32. The molecular weight excluding hydrogens is 351 g/mol. The van der Waals surface area contributed by atoms with E-state index in [1.165, 1.54) is 13.1 Å². The molecule has 9 heteroatoms. The standard InChI is InChI=1S/C17H14F3N3O3/c1-21-15(25)11-5-2-10(3-6-11)4-7-14(24)23-13-8-12(17(18,19)20)9-22-16(13)26/h2-9H,1H3,(H,21,25)(H,22,26)(H,23,24). The van der Waals surface area contributed by atoms with Crippen molar-refractivity contribution >= 4 is 23.6 Å². The zero-order chi connectivity index (χ0) is 19.3. The molecule has 1 aromatic heterocycles. The third-order valence-corrected chi connectivity index (χ3v) is 3.32. The normalized spacial score (nSPS) is 11.4. The third kappa shape index (κ3) is 4.82. The van der Waals surface area contributed by atoms with E-state index in [0.717, 1.165) is 6.08 Å². The maximum Gasteiger partial charge on any atom is 0.417 e. The Bertz CT molecular complexity index is 900. The average molecular weight is 365 g/mol. The molecular formula is C17H14F3N3O3. The predicted molar refractivity (Wildman–Crippen MR) is 89.6 cm³/mol. The van der Waals surface area contributed by atoms with Crippen LogP contribution >= 0.6 is 0 Å². The van der Waals surface area contributed by atoms with Gasteiger partial charge in [0.1, 0.15) is 5.69 Å². The van der Waals surface area contributed by atoms with Gasteiger partial charge in [-0.05, 0) is 29.8 Å². The number of amides is 2. The molecule has 1 aromatic carbocycles. The maximum atomic E-state index is 12.6. The van der Waals surface area contributed by atoms with Crippen LogP contribution in [-0.2, 0) is 11.0 Å². The SMILES string of the molecule is CNC(=O)c1ccc(C=CC(=O)Nc2cc(C(F)(F)F)c[nH]c2=O)cc1. The van der Waals surface area contributed by atoms with Gasteiger partial charge in [0.05, 0.1) is 5.56 Å². The van der Waals surface area contributed by atoms with Gasteiger partial charge in [-0.1, -0.05) is 12.1 Å². The van der Waals surface area contributed by atoms with Crippen LogP contribution in [-0.4, -0.2) is 23.8 Å². The molecule has 0 atom stereocenters. The van der Waals surface area contributed by atoms with Crippen molar-refractivity contribution in [3.8, 4) is 0 Å². The van der Waals surface area contributed by atoms with Gasteiger partial charge < -0.3 is 15.6 Å². The number of H-pyrrole nitrogens is 1. The number of hydrogen-bond acceptors (Lipinski definition) is 3. The van der Waals surface area contributed by atoms with Crippen LogP contribution in [0.15, 0.2) is 47.4 Å². The summed E-state index contributed by atoms with van der Waals surface area (Å²) in [6.07, 6.45) is -1.66. The van der Waals surface area contributed by atoms with Crippen molar-refractivity contribution in [2.24, 2.45) is 0 Å². The smallest absolute Gasteiger partial charge is 0.355 e. The minimum absolute atomic E-state index is 0.262. The number of halogens is 3. The Kier molecular flexibility index (Phi) is 5.61. The molecule has 0 aliphatic carbocycles. The van der Waals surface area contributed by atoms with Gasteiger partial charge in [0.15, 0.2) is 0 Å². The van der Waals surface area contributed by atoms with Crippen molar-refractivity contribution in [3.05, 3.63) is 69.6 Å². The molecule has 0 unspecified atom stereocenters. The first-order chi connectivity index (χ1) is 12.2. The number of alkyl halides is 3. The minimum atomic E-state index is -4.65. The first-order valence-corrected chi connectivity index (χ1v) is 7.32. The highest BCUT2D eigenvalue weighted by Crippen LogP contribution is 2.29. The molecule has 0 radical (unpaired) electrons. The average Bonchev–Trinajstić information content (AvgIpc) is 2.60. The first-order valence-electron chi connectivity index (χ1n) is 7.32. The van der Waals surface area contributed by atoms with E-state index in [-0.39, 0.29) is 5.91 Å². The molecule has 2 amide bonds. The summed E-state index contributed by atoms with van der Waals surface area (Å²) >= 11 is 0. The van der Waals surface area contributed by atoms with E-state index < -0.39 is 28.9 Å². The number of pyridine rings is 1. The number of rotatable bonds is 4. The number of aromatic amines is 1. The van der Waals surface area contributed by atoms with E-state index in [2.05, 4.69) is 10.6 Å². The molecule has 26 heavy (non-hydrogen) atoms.